The fourth-order valence-electron chi connectivity index (χ4n) is 4.22. The summed E-state index contributed by atoms with van der Waals surface area (Å²) in [6, 6.07) is 9.39. The van der Waals surface area contributed by atoms with E-state index in [9.17, 15) is 23.1 Å². The average Bonchev–Trinajstić information content (AvgIpc) is 3.43. The number of ether oxygens (including phenoxy) is 1. The summed E-state index contributed by atoms with van der Waals surface area (Å²) >= 11 is 0. The highest BCUT2D eigenvalue weighted by atomic mass is 19.4. The zero-order valence-electron chi connectivity index (χ0n) is 25.2. The Bertz CT molecular complexity index is 1690. The molecule has 12 heteroatoms. The lowest BCUT2D eigenvalue weighted by molar-refractivity contribution is -0.141. The van der Waals surface area contributed by atoms with Crippen LogP contribution in [0.25, 0.3) is 16.6 Å². The molecule has 0 atom stereocenters. The van der Waals surface area contributed by atoms with Crippen LogP contribution in [0, 0.1) is 6.92 Å². The van der Waals surface area contributed by atoms with E-state index in [1.165, 1.54) is 20.1 Å². The Labute approximate surface area is 253 Å². The summed E-state index contributed by atoms with van der Waals surface area (Å²) in [5.41, 5.74) is 2.50. The quantitative estimate of drug-likeness (QED) is 0.135. The second-order valence-electron chi connectivity index (χ2n) is 9.37. The van der Waals surface area contributed by atoms with Crippen LogP contribution in [0.5, 0.6) is 5.88 Å². The highest BCUT2D eigenvalue weighted by Crippen LogP contribution is 2.28. The second kappa shape index (κ2) is 14.9. The number of pyridine rings is 1. The zero-order chi connectivity index (χ0) is 32.4. The number of fused-ring (bicyclic) bond motifs is 1. The molecule has 3 heterocycles. The number of benzene rings is 1. The van der Waals surface area contributed by atoms with E-state index in [4.69, 9.17) is 4.74 Å². The van der Waals surface area contributed by atoms with Crippen LogP contribution in [0.4, 0.5) is 13.2 Å². The number of allylic oxidation sites excluding steroid dienone is 4. The van der Waals surface area contributed by atoms with Gasteiger partial charge in [-0.05, 0) is 61.9 Å². The van der Waals surface area contributed by atoms with Crippen molar-refractivity contribution >= 4 is 22.5 Å². The summed E-state index contributed by atoms with van der Waals surface area (Å²) in [5.74, 6) is 0.398. The highest BCUT2D eigenvalue weighted by molar-refractivity contribution is 5.97. The number of carbonyl (C=O) groups is 1. The van der Waals surface area contributed by atoms with Gasteiger partial charge in [-0.3, -0.25) is 4.79 Å². The normalized spacial score (nSPS) is 12.0. The number of aliphatic hydroxyl groups is 1. The van der Waals surface area contributed by atoms with Gasteiger partial charge in [-0.1, -0.05) is 26.5 Å². The number of amides is 1. The Balaban J connectivity index is 0.00000259. The number of H-pyrrole nitrogens is 1. The van der Waals surface area contributed by atoms with Gasteiger partial charge in [-0.25, -0.2) is 19.9 Å². The van der Waals surface area contributed by atoms with Crippen LogP contribution in [0.3, 0.4) is 0 Å². The molecule has 1 amide bonds. The molecule has 0 radical (unpaired) electrons. The number of carbonyl (C=O) groups excluding carboxylic acids is 1. The zero-order valence-corrected chi connectivity index (χ0v) is 25.2. The maximum Gasteiger partial charge on any atom is 0.433 e. The minimum absolute atomic E-state index is 0.0112. The first-order chi connectivity index (χ1) is 21.0. The lowest BCUT2D eigenvalue weighted by Gasteiger charge is -2.09. The molecule has 0 aliphatic heterocycles. The van der Waals surface area contributed by atoms with E-state index in [1.54, 1.807) is 43.5 Å². The third kappa shape index (κ3) is 8.52. The minimum atomic E-state index is -4.58. The summed E-state index contributed by atoms with van der Waals surface area (Å²) < 4.78 is 44.4. The van der Waals surface area contributed by atoms with E-state index in [-0.39, 0.29) is 30.2 Å². The molecule has 0 saturated carbocycles. The molecule has 9 nitrogen and oxygen atoms in total. The lowest BCUT2D eigenvalue weighted by Crippen LogP contribution is -2.26. The largest absolute Gasteiger partial charge is 0.508 e. The molecular weight excluding hydrogens is 573 g/mol. The number of halogens is 3. The van der Waals surface area contributed by atoms with Crippen molar-refractivity contribution in [1.29, 1.82) is 0 Å². The van der Waals surface area contributed by atoms with E-state index in [1.807, 2.05) is 19.9 Å². The third-order valence-electron chi connectivity index (χ3n) is 6.18. The molecular formula is C32H35F3N6O3. The number of hydrogen-bond acceptors (Lipinski definition) is 7. The van der Waals surface area contributed by atoms with Gasteiger partial charge in [0, 0.05) is 42.4 Å². The van der Waals surface area contributed by atoms with Crippen molar-refractivity contribution in [1.82, 2.24) is 30.2 Å². The number of nitrogens with zero attached hydrogens (tertiary/aromatic N) is 4. The molecule has 0 saturated heterocycles. The maximum absolute atomic E-state index is 13.0. The van der Waals surface area contributed by atoms with E-state index in [2.05, 4.69) is 36.8 Å². The van der Waals surface area contributed by atoms with Crippen molar-refractivity contribution in [3.63, 3.8) is 0 Å². The van der Waals surface area contributed by atoms with Crippen molar-refractivity contribution in [2.45, 2.75) is 46.7 Å². The van der Waals surface area contributed by atoms with Gasteiger partial charge < -0.3 is 20.1 Å². The van der Waals surface area contributed by atoms with Crippen LogP contribution in [0.15, 0.2) is 72.7 Å². The summed E-state index contributed by atoms with van der Waals surface area (Å²) in [5, 5.41) is 13.3. The fraction of sp³-hybridized carbons (Fsp3) is 0.281. The van der Waals surface area contributed by atoms with E-state index < -0.39 is 17.8 Å². The van der Waals surface area contributed by atoms with Crippen LogP contribution in [0.2, 0.25) is 0 Å². The number of rotatable bonds is 10. The number of aromatic amines is 1. The number of methoxy groups -OCH3 is 1. The molecule has 4 aromatic rings. The number of aliphatic hydroxyl groups excluding tert-OH is 1. The van der Waals surface area contributed by atoms with Crippen LogP contribution >= 0.6 is 0 Å². The maximum atomic E-state index is 13.0. The van der Waals surface area contributed by atoms with Crippen molar-refractivity contribution in [2.75, 3.05) is 13.7 Å². The lowest BCUT2D eigenvalue weighted by atomic mass is 10.0. The monoisotopic (exact) mass is 608 g/mol. The number of alkyl halides is 3. The van der Waals surface area contributed by atoms with Gasteiger partial charge in [0.1, 0.15) is 23.1 Å². The number of imidazole rings is 1. The topological polar surface area (TPSA) is 126 Å². The molecule has 232 valence electrons. The van der Waals surface area contributed by atoms with Gasteiger partial charge in [0.2, 0.25) is 5.88 Å². The summed E-state index contributed by atoms with van der Waals surface area (Å²) in [4.78, 5) is 32.3. The Morgan fingerprint density at radius 3 is 2.59 bits per heavy atom. The molecule has 4 rings (SSSR count). The predicted octanol–water partition coefficient (Wildman–Crippen LogP) is 6.73. The van der Waals surface area contributed by atoms with E-state index in [0.29, 0.717) is 45.9 Å². The Morgan fingerprint density at radius 2 is 1.91 bits per heavy atom. The van der Waals surface area contributed by atoms with Crippen LogP contribution in [-0.2, 0) is 19.0 Å². The van der Waals surface area contributed by atoms with Gasteiger partial charge in [-0.15, -0.1) is 0 Å². The Hall–Kier alpha value is -5.00. The van der Waals surface area contributed by atoms with Gasteiger partial charge >= 0.3 is 6.18 Å². The van der Waals surface area contributed by atoms with Gasteiger partial charge in [0.15, 0.2) is 0 Å². The highest BCUT2D eigenvalue weighted by Gasteiger charge is 2.33. The Kier molecular flexibility index (Phi) is 11.4. The first kappa shape index (κ1) is 33.5. The fourth-order valence-corrected chi connectivity index (χ4v) is 4.22. The molecule has 3 aromatic heterocycles. The van der Waals surface area contributed by atoms with Crippen molar-refractivity contribution < 1.29 is 27.8 Å². The SMILES string of the molecule is C=C(/C=C(\C(O)=C/C)c1nc2ccc(C(=O)NCCc3nc(C)cc(C(F)(F)F)n3)cc2[nH]1)Cc1cccnc1OC.CC. The Morgan fingerprint density at radius 1 is 1.16 bits per heavy atom. The third-order valence-corrected chi connectivity index (χ3v) is 6.18. The summed E-state index contributed by atoms with van der Waals surface area (Å²) in [6.45, 7) is 11.3. The molecule has 1 aromatic carbocycles. The molecule has 0 unspecified atom stereocenters. The number of aryl methyl sites for hydroxylation is 1. The van der Waals surface area contributed by atoms with Crippen molar-refractivity contribution in [3.05, 3.63) is 107 Å². The van der Waals surface area contributed by atoms with Crippen molar-refractivity contribution in [2.24, 2.45) is 0 Å². The van der Waals surface area contributed by atoms with E-state index >= 15 is 0 Å². The van der Waals surface area contributed by atoms with E-state index in [0.717, 1.165) is 11.6 Å². The molecule has 0 bridgehead atoms. The number of nitrogens with one attached hydrogen (secondary N) is 2. The molecule has 0 fully saturated rings. The van der Waals surface area contributed by atoms with Crippen LogP contribution in [-0.4, -0.2) is 49.6 Å². The molecule has 0 aliphatic carbocycles. The standard InChI is InChI=1S/C30H29F3N6O3.C2H6/c1-5-24(40)21(14-17(2)13-20-7-6-11-35-29(20)42-4)27-37-22-9-8-19(16-23(22)38-27)28(41)34-12-10-26-36-18(3)15-25(39-26)30(31,32)33;1-2/h5-9,11,14-16,40H,2,10,12-13H2,1,3-4H3,(H,34,41)(H,37,38);1-2H3/b21-14+,24-5+;. The summed E-state index contributed by atoms with van der Waals surface area (Å²) in [7, 11) is 1.54. The van der Waals surface area contributed by atoms with Crippen molar-refractivity contribution in [3.8, 4) is 5.88 Å². The van der Waals surface area contributed by atoms with Gasteiger partial charge in [0.25, 0.3) is 5.91 Å². The molecule has 3 N–H and O–H groups in total. The van der Waals surface area contributed by atoms with Gasteiger partial charge in [0.05, 0.1) is 23.7 Å². The molecule has 0 spiro atoms. The minimum Gasteiger partial charge on any atom is -0.508 e. The molecule has 44 heavy (non-hydrogen) atoms. The predicted molar refractivity (Wildman–Crippen MR) is 163 cm³/mol. The van der Waals surface area contributed by atoms with Crippen LogP contribution < -0.4 is 10.1 Å². The molecule has 0 aliphatic rings. The van der Waals surface area contributed by atoms with Crippen LogP contribution in [0.1, 0.15) is 59.7 Å². The smallest absolute Gasteiger partial charge is 0.433 e. The summed E-state index contributed by atoms with van der Waals surface area (Å²) in [6.07, 6.45) is 0.747. The van der Waals surface area contributed by atoms with Gasteiger partial charge in [-0.2, -0.15) is 13.2 Å². The first-order valence-electron chi connectivity index (χ1n) is 13.9. The number of aromatic nitrogens is 5. The first-order valence-corrected chi connectivity index (χ1v) is 13.9. The number of hydrogen-bond donors (Lipinski definition) is 3. The second-order valence-corrected chi connectivity index (χ2v) is 9.37. The average molecular weight is 609 g/mol.